The molecule has 12 heteroatoms. The summed E-state index contributed by atoms with van der Waals surface area (Å²) in [5.41, 5.74) is 6.46. The number of benzene rings is 2. The molecule has 35 heavy (non-hydrogen) atoms. The molecule has 2 aliphatic rings. The maximum absolute atomic E-state index is 13.0. The van der Waals surface area contributed by atoms with E-state index < -0.39 is 11.7 Å². The first-order chi connectivity index (χ1) is 16.8. The Labute approximate surface area is 199 Å². The van der Waals surface area contributed by atoms with Crippen molar-refractivity contribution < 1.29 is 22.6 Å². The van der Waals surface area contributed by atoms with Crippen LogP contribution in [0.4, 0.5) is 30.8 Å². The minimum absolute atomic E-state index is 0.00548. The number of aromatic nitrogens is 3. The van der Waals surface area contributed by atoms with E-state index in [1.165, 1.54) is 17.7 Å². The first kappa shape index (κ1) is 23.1. The van der Waals surface area contributed by atoms with Crippen molar-refractivity contribution >= 4 is 17.6 Å². The van der Waals surface area contributed by atoms with Gasteiger partial charge in [-0.3, -0.25) is 9.80 Å². The summed E-state index contributed by atoms with van der Waals surface area (Å²) in [6, 6.07) is 10.8. The van der Waals surface area contributed by atoms with Crippen LogP contribution < -0.4 is 20.5 Å². The number of nitrogens with two attached hydrogens (primary N) is 1. The number of nitrogens with zero attached hydrogens (tertiary/aromatic N) is 5. The Morgan fingerprint density at radius 3 is 2.40 bits per heavy atom. The van der Waals surface area contributed by atoms with Crippen LogP contribution >= 0.6 is 0 Å². The van der Waals surface area contributed by atoms with Gasteiger partial charge < -0.3 is 20.5 Å². The van der Waals surface area contributed by atoms with Gasteiger partial charge in [0.05, 0.1) is 12.1 Å². The largest absolute Gasteiger partial charge is 0.454 e. The fraction of sp³-hybridized carbons (Fsp3) is 0.348. The van der Waals surface area contributed by atoms with Gasteiger partial charge in [0.1, 0.15) is 5.82 Å². The number of piperazine rings is 1. The highest BCUT2D eigenvalue weighted by atomic mass is 19.4. The van der Waals surface area contributed by atoms with Gasteiger partial charge in [0, 0.05) is 38.4 Å². The number of hydrogen-bond acceptors (Lipinski definition) is 9. The van der Waals surface area contributed by atoms with E-state index in [0.29, 0.717) is 12.4 Å². The Bertz CT molecular complexity index is 1200. The van der Waals surface area contributed by atoms with Crippen LogP contribution in [0.2, 0.25) is 0 Å². The molecule has 0 bridgehead atoms. The minimum Gasteiger partial charge on any atom is -0.454 e. The molecule has 3 heterocycles. The van der Waals surface area contributed by atoms with Gasteiger partial charge in [-0.1, -0.05) is 12.1 Å². The van der Waals surface area contributed by atoms with E-state index in [0.717, 1.165) is 56.4 Å². The molecule has 0 unspecified atom stereocenters. The average Bonchev–Trinajstić information content (AvgIpc) is 3.28. The van der Waals surface area contributed by atoms with Gasteiger partial charge in [-0.15, -0.1) is 0 Å². The molecule has 3 aromatic rings. The van der Waals surface area contributed by atoms with Crippen molar-refractivity contribution in [3.63, 3.8) is 0 Å². The Hall–Kier alpha value is -3.64. The third kappa shape index (κ3) is 5.72. The molecule has 0 amide bonds. The second-order valence-electron chi connectivity index (χ2n) is 8.38. The molecule has 0 aliphatic carbocycles. The maximum Gasteiger partial charge on any atom is 0.416 e. The van der Waals surface area contributed by atoms with Crippen LogP contribution in [0.3, 0.4) is 0 Å². The van der Waals surface area contributed by atoms with E-state index in [-0.39, 0.29) is 24.4 Å². The topological polar surface area (TPSA) is 102 Å². The van der Waals surface area contributed by atoms with Gasteiger partial charge in [-0.25, -0.2) is 0 Å². The number of nitrogens with one attached hydrogen (secondary N) is 1. The molecular weight excluding hydrogens is 463 g/mol. The number of ether oxygens (including phenoxy) is 2. The lowest BCUT2D eigenvalue weighted by Gasteiger charge is -2.34. The van der Waals surface area contributed by atoms with Crippen LogP contribution in [-0.4, -0.2) is 57.7 Å². The number of hydrogen-bond donors (Lipinski definition) is 2. The lowest BCUT2D eigenvalue weighted by atomic mass is 10.1. The summed E-state index contributed by atoms with van der Waals surface area (Å²) in [6.45, 7) is 4.89. The summed E-state index contributed by atoms with van der Waals surface area (Å²) in [5, 5.41) is 2.80. The van der Waals surface area contributed by atoms with Gasteiger partial charge in [-0.05, 0) is 35.9 Å². The van der Waals surface area contributed by atoms with Crippen molar-refractivity contribution in [1.29, 1.82) is 0 Å². The predicted molar refractivity (Wildman–Crippen MR) is 122 cm³/mol. The van der Waals surface area contributed by atoms with E-state index in [1.807, 2.05) is 18.2 Å². The monoisotopic (exact) mass is 487 g/mol. The Morgan fingerprint density at radius 2 is 1.63 bits per heavy atom. The molecule has 1 fully saturated rings. The molecule has 3 N–H and O–H groups in total. The van der Waals surface area contributed by atoms with Crippen LogP contribution in [0.25, 0.3) is 0 Å². The van der Waals surface area contributed by atoms with Crippen molar-refractivity contribution in [2.75, 3.05) is 44.0 Å². The zero-order valence-corrected chi connectivity index (χ0v) is 18.8. The van der Waals surface area contributed by atoms with Crippen LogP contribution in [0.5, 0.6) is 11.5 Å². The maximum atomic E-state index is 13.0. The van der Waals surface area contributed by atoms with Crippen molar-refractivity contribution in [3.05, 3.63) is 59.4 Å². The molecule has 9 nitrogen and oxygen atoms in total. The third-order valence-electron chi connectivity index (χ3n) is 5.82. The SMILES string of the molecule is Nc1nc(CN2CCN(Cc3ccc4c(c3)OCO4)CC2)nc(Nc2cccc(C(F)(F)F)c2)n1. The van der Waals surface area contributed by atoms with Crippen LogP contribution in [0.15, 0.2) is 42.5 Å². The molecule has 0 atom stereocenters. The minimum atomic E-state index is -4.44. The number of alkyl halides is 3. The standard InChI is InChI=1S/C23H24F3N7O2/c24-23(25,26)16-2-1-3-17(11-16)28-22-30-20(29-21(27)31-22)13-33-8-6-32(7-9-33)12-15-4-5-18-19(10-15)35-14-34-18/h1-5,10-11H,6-9,12-14H2,(H3,27,28,29,30,31). The van der Waals surface area contributed by atoms with Gasteiger partial charge in [-0.2, -0.15) is 28.1 Å². The molecule has 2 aromatic carbocycles. The third-order valence-corrected chi connectivity index (χ3v) is 5.82. The number of halogens is 3. The normalized spacial score (nSPS) is 16.4. The Balaban J connectivity index is 1.17. The fourth-order valence-electron chi connectivity index (χ4n) is 4.07. The van der Waals surface area contributed by atoms with Gasteiger partial charge in [0.15, 0.2) is 11.5 Å². The van der Waals surface area contributed by atoms with Crippen LogP contribution in [-0.2, 0) is 19.3 Å². The molecule has 0 radical (unpaired) electrons. The van der Waals surface area contributed by atoms with E-state index in [4.69, 9.17) is 15.2 Å². The quantitative estimate of drug-likeness (QED) is 0.543. The summed E-state index contributed by atoms with van der Waals surface area (Å²) < 4.78 is 49.8. The molecular formula is C23H24F3N7O2. The molecule has 1 aromatic heterocycles. The van der Waals surface area contributed by atoms with Crippen molar-refractivity contribution in [3.8, 4) is 11.5 Å². The molecule has 184 valence electrons. The van der Waals surface area contributed by atoms with Gasteiger partial charge in [0.25, 0.3) is 0 Å². The number of fused-ring (bicyclic) bond motifs is 1. The average molecular weight is 487 g/mol. The van der Waals surface area contributed by atoms with Crippen molar-refractivity contribution in [2.45, 2.75) is 19.3 Å². The Kier molecular flexibility index (Phi) is 6.31. The summed E-state index contributed by atoms with van der Waals surface area (Å²) >= 11 is 0. The van der Waals surface area contributed by atoms with E-state index in [9.17, 15) is 13.2 Å². The lowest BCUT2D eigenvalue weighted by molar-refractivity contribution is -0.137. The second kappa shape index (κ2) is 9.55. The number of nitrogen functional groups attached to an aromatic ring is 1. The summed E-state index contributed by atoms with van der Waals surface area (Å²) in [4.78, 5) is 17.1. The van der Waals surface area contributed by atoms with Crippen LogP contribution in [0.1, 0.15) is 17.0 Å². The van der Waals surface area contributed by atoms with E-state index >= 15 is 0 Å². The zero-order chi connectivity index (χ0) is 24.4. The zero-order valence-electron chi connectivity index (χ0n) is 18.8. The lowest BCUT2D eigenvalue weighted by Crippen LogP contribution is -2.45. The predicted octanol–water partition coefficient (Wildman–Crippen LogP) is 3.26. The first-order valence-corrected chi connectivity index (χ1v) is 11.1. The molecule has 5 rings (SSSR count). The fourth-order valence-corrected chi connectivity index (χ4v) is 4.07. The number of rotatable bonds is 6. The van der Waals surface area contributed by atoms with Crippen molar-refractivity contribution in [2.24, 2.45) is 0 Å². The molecule has 2 aliphatic heterocycles. The summed E-state index contributed by atoms with van der Waals surface area (Å²) in [6.07, 6.45) is -4.44. The van der Waals surface area contributed by atoms with E-state index in [1.54, 1.807) is 0 Å². The smallest absolute Gasteiger partial charge is 0.416 e. The summed E-state index contributed by atoms with van der Waals surface area (Å²) in [5.74, 6) is 2.12. The van der Waals surface area contributed by atoms with Gasteiger partial charge >= 0.3 is 6.18 Å². The highest BCUT2D eigenvalue weighted by molar-refractivity contribution is 5.55. The summed E-state index contributed by atoms with van der Waals surface area (Å²) in [7, 11) is 0. The Morgan fingerprint density at radius 1 is 0.886 bits per heavy atom. The highest BCUT2D eigenvalue weighted by Crippen LogP contribution is 2.33. The van der Waals surface area contributed by atoms with Crippen molar-refractivity contribution in [1.82, 2.24) is 24.8 Å². The number of anilines is 3. The first-order valence-electron chi connectivity index (χ1n) is 11.1. The second-order valence-corrected chi connectivity index (χ2v) is 8.38. The van der Waals surface area contributed by atoms with E-state index in [2.05, 4.69) is 30.1 Å². The molecule has 1 saturated heterocycles. The highest BCUT2D eigenvalue weighted by Gasteiger charge is 2.30. The molecule has 0 spiro atoms. The van der Waals surface area contributed by atoms with Gasteiger partial charge in [0.2, 0.25) is 18.7 Å². The molecule has 0 saturated carbocycles. The van der Waals surface area contributed by atoms with Crippen LogP contribution in [0, 0.1) is 0 Å².